The molecule has 0 amide bonds. The molecule has 46 valence electrons. The van der Waals surface area contributed by atoms with Crippen LogP contribution < -0.4 is 10.6 Å². The molecule has 0 aromatic rings. The highest BCUT2D eigenvalue weighted by Crippen LogP contribution is 2.05. The van der Waals surface area contributed by atoms with Crippen molar-refractivity contribution in [1.82, 2.24) is 10.6 Å². The van der Waals surface area contributed by atoms with Crippen LogP contribution in [-0.4, -0.2) is 19.6 Å². The van der Waals surface area contributed by atoms with Crippen LogP contribution in [0, 0.1) is 0 Å². The molecular weight excluding hydrogens is 100 g/mol. The van der Waals surface area contributed by atoms with Crippen LogP contribution in [0.5, 0.6) is 0 Å². The van der Waals surface area contributed by atoms with Crippen LogP contribution in [-0.2, 0) is 0 Å². The Kier molecular flexibility index (Phi) is 1.53. The van der Waals surface area contributed by atoms with Crippen molar-refractivity contribution in [2.45, 2.75) is 12.5 Å². The maximum atomic E-state index is 3.80. The lowest BCUT2D eigenvalue weighted by Crippen LogP contribution is -2.26. The number of nitrogens with one attached hydrogen (secondary N) is 2. The van der Waals surface area contributed by atoms with Gasteiger partial charge in [-0.1, -0.05) is 6.58 Å². The number of hydrogen-bond acceptors (Lipinski definition) is 2. The molecule has 1 atom stereocenters. The van der Waals surface area contributed by atoms with Gasteiger partial charge in [0.2, 0.25) is 0 Å². The van der Waals surface area contributed by atoms with Gasteiger partial charge in [0.05, 0.1) is 0 Å². The first-order valence-corrected chi connectivity index (χ1v) is 2.92. The lowest BCUT2D eigenvalue weighted by atomic mass is 10.2. The third-order valence-electron chi connectivity index (χ3n) is 1.50. The quantitative estimate of drug-likeness (QED) is 0.502. The molecule has 2 heteroatoms. The molecule has 1 aliphatic heterocycles. The minimum absolute atomic E-state index is 0.613. The molecule has 0 aromatic carbocycles. The molecule has 0 saturated carbocycles. The van der Waals surface area contributed by atoms with Gasteiger partial charge in [-0.2, -0.15) is 0 Å². The second-order valence-electron chi connectivity index (χ2n) is 2.17. The van der Waals surface area contributed by atoms with Crippen molar-refractivity contribution < 1.29 is 0 Å². The van der Waals surface area contributed by atoms with Crippen LogP contribution in [0.1, 0.15) is 6.42 Å². The van der Waals surface area contributed by atoms with Crippen LogP contribution in [0.25, 0.3) is 0 Å². The van der Waals surface area contributed by atoms with E-state index in [2.05, 4.69) is 17.2 Å². The van der Waals surface area contributed by atoms with Crippen LogP contribution in [0.4, 0.5) is 0 Å². The number of hydrogen-bond donors (Lipinski definition) is 2. The van der Waals surface area contributed by atoms with E-state index in [1.807, 2.05) is 7.05 Å². The summed E-state index contributed by atoms with van der Waals surface area (Å²) < 4.78 is 0. The maximum Gasteiger partial charge on any atom is 0.0301 e. The molecule has 1 rings (SSSR count). The Labute approximate surface area is 50.0 Å². The Morgan fingerprint density at radius 3 is 2.88 bits per heavy atom. The summed E-state index contributed by atoms with van der Waals surface area (Å²) in [6, 6.07) is 0.613. The maximum absolute atomic E-state index is 3.80. The van der Waals surface area contributed by atoms with Gasteiger partial charge in [-0.15, -0.1) is 0 Å². The Balaban J connectivity index is 2.32. The SMILES string of the molecule is C=C1CC(NC)CN1. The predicted molar refractivity (Wildman–Crippen MR) is 34.6 cm³/mol. The Morgan fingerprint density at radius 2 is 2.62 bits per heavy atom. The van der Waals surface area contributed by atoms with Gasteiger partial charge < -0.3 is 10.6 Å². The van der Waals surface area contributed by atoms with Crippen LogP contribution >= 0.6 is 0 Å². The molecule has 0 radical (unpaired) electrons. The fraction of sp³-hybridized carbons (Fsp3) is 0.667. The first-order valence-electron chi connectivity index (χ1n) is 2.92. The van der Waals surface area contributed by atoms with Crippen molar-refractivity contribution in [2.24, 2.45) is 0 Å². The molecule has 1 heterocycles. The largest absolute Gasteiger partial charge is 0.387 e. The van der Waals surface area contributed by atoms with Gasteiger partial charge in [0, 0.05) is 24.7 Å². The zero-order chi connectivity index (χ0) is 5.98. The molecule has 1 unspecified atom stereocenters. The summed E-state index contributed by atoms with van der Waals surface area (Å²) in [6.45, 7) is 4.84. The summed E-state index contributed by atoms with van der Waals surface area (Å²) in [6.07, 6.45) is 1.08. The Bertz CT molecular complexity index is 98.7. The summed E-state index contributed by atoms with van der Waals surface area (Å²) >= 11 is 0. The van der Waals surface area contributed by atoms with E-state index in [1.54, 1.807) is 0 Å². The molecule has 8 heavy (non-hydrogen) atoms. The Hall–Kier alpha value is -0.500. The zero-order valence-electron chi connectivity index (χ0n) is 5.20. The predicted octanol–water partition coefficient (Wildman–Crippen LogP) is 0.0814. The second kappa shape index (κ2) is 2.18. The topological polar surface area (TPSA) is 24.1 Å². The van der Waals surface area contributed by atoms with E-state index in [9.17, 15) is 0 Å². The summed E-state index contributed by atoms with van der Waals surface area (Å²) in [7, 11) is 1.98. The van der Waals surface area contributed by atoms with E-state index in [-0.39, 0.29) is 0 Å². The first kappa shape index (κ1) is 5.63. The summed E-state index contributed by atoms with van der Waals surface area (Å²) in [5.41, 5.74) is 1.16. The monoisotopic (exact) mass is 112 g/mol. The van der Waals surface area contributed by atoms with E-state index < -0.39 is 0 Å². The summed E-state index contributed by atoms with van der Waals surface area (Å²) in [5.74, 6) is 0. The lowest BCUT2D eigenvalue weighted by molar-refractivity contribution is 0.613. The van der Waals surface area contributed by atoms with Gasteiger partial charge in [-0.05, 0) is 7.05 Å². The summed E-state index contributed by atoms with van der Waals surface area (Å²) in [4.78, 5) is 0. The molecule has 2 nitrogen and oxygen atoms in total. The third-order valence-corrected chi connectivity index (χ3v) is 1.50. The van der Waals surface area contributed by atoms with E-state index in [0.717, 1.165) is 18.7 Å². The van der Waals surface area contributed by atoms with Gasteiger partial charge in [0.25, 0.3) is 0 Å². The molecule has 0 aromatic heterocycles. The molecule has 1 saturated heterocycles. The van der Waals surface area contributed by atoms with E-state index in [4.69, 9.17) is 0 Å². The molecule has 1 fully saturated rings. The molecule has 2 N–H and O–H groups in total. The second-order valence-corrected chi connectivity index (χ2v) is 2.17. The minimum atomic E-state index is 0.613. The standard InChI is InChI=1S/C6H12N2/c1-5-3-6(7-2)4-8-5/h6-8H,1,3-4H2,2H3. The molecule has 0 aliphatic carbocycles. The zero-order valence-corrected chi connectivity index (χ0v) is 5.20. The van der Waals surface area contributed by atoms with Crippen molar-refractivity contribution in [1.29, 1.82) is 0 Å². The van der Waals surface area contributed by atoms with Crippen molar-refractivity contribution in [3.8, 4) is 0 Å². The lowest BCUT2D eigenvalue weighted by Gasteiger charge is -2.01. The highest BCUT2D eigenvalue weighted by atomic mass is 15.0. The fourth-order valence-corrected chi connectivity index (χ4v) is 0.913. The molecule has 0 bridgehead atoms. The van der Waals surface area contributed by atoms with Crippen molar-refractivity contribution in [2.75, 3.05) is 13.6 Å². The normalized spacial score (nSPS) is 28.1. The smallest absolute Gasteiger partial charge is 0.0301 e. The fourth-order valence-electron chi connectivity index (χ4n) is 0.913. The molecular formula is C6H12N2. The van der Waals surface area contributed by atoms with Gasteiger partial charge in [-0.3, -0.25) is 0 Å². The van der Waals surface area contributed by atoms with E-state index in [1.165, 1.54) is 0 Å². The average molecular weight is 112 g/mol. The van der Waals surface area contributed by atoms with Crippen molar-refractivity contribution in [3.05, 3.63) is 12.3 Å². The van der Waals surface area contributed by atoms with Crippen molar-refractivity contribution in [3.63, 3.8) is 0 Å². The summed E-state index contributed by atoms with van der Waals surface area (Å²) in [5, 5.41) is 6.33. The molecule has 1 aliphatic rings. The van der Waals surface area contributed by atoms with Gasteiger partial charge in [0.15, 0.2) is 0 Å². The highest BCUT2D eigenvalue weighted by Gasteiger charge is 2.13. The molecule has 0 spiro atoms. The Morgan fingerprint density at radius 1 is 1.88 bits per heavy atom. The average Bonchev–Trinajstić information content (AvgIpc) is 2.14. The van der Waals surface area contributed by atoms with Crippen LogP contribution in [0.2, 0.25) is 0 Å². The first-order chi connectivity index (χ1) is 3.83. The minimum Gasteiger partial charge on any atom is -0.387 e. The van der Waals surface area contributed by atoms with Gasteiger partial charge >= 0.3 is 0 Å². The number of likely N-dealkylation sites (N-methyl/N-ethyl adjacent to an activating group) is 1. The van der Waals surface area contributed by atoms with Gasteiger partial charge in [-0.25, -0.2) is 0 Å². The van der Waals surface area contributed by atoms with Crippen LogP contribution in [0.3, 0.4) is 0 Å². The van der Waals surface area contributed by atoms with Gasteiger partial charge in [0.1, 0.15) is 0 Å². The highest BCUT2D eigenvalue weighted by molar-refractivity contribution is 5.02. The third kappa shape index (κ3) is 1.01. The number of rotatable bonds is 1. The van der Waals surface area contributed by atoms with Crippen LogP contribution in [0.15, 0.2) is 12.3 Å². The van der Waals surface area contributed by atoms with E-state index in [0.29, 0.717) is 6.04 Å². The van der Waals surface area contributed by atoms with E-state index >= 15 is 0 Å². The van der Waals surface area contributed by atoms with Crippen molar-refractivity contribution >= 4 is 0 Å².